The summed E-state index contributed by atoms with van der Waals surface area (Å²) in [7, 11) is 0. The highest BCUT2D eigenvalue weighted by atomic mass is 15.1. The first-order chi connectivity index (χ1) is 7.86. The van der Waals surface area contributed by atoms with E-state index in [1.54, 1.807) is 0 Å². The summed E-state index contributed by atoms with van der Waals surface area (Å²) in [6.07, 6.45) is 2.52. The molecule has 2 aromatic rings. The normalized spacial score (nSPS) is 21.4. The van der Waals surface area contributed by atoms with Crippen LogP contribution in [0.2, 0.25) is 0 Å². The van der Waals surface area contributed by atoms with Gasteiger partial charge in [-0.25, -0.2) is 4.98 Å². The Morgan fingerprint density at radius 3 is 3.06 bits per heavy atom. The van der Waals surface area contributed by atoms with E-state index < -0.39 is 0 Å². The molecule has 0 bridgehead atoms. The van der Waals surface area contributed by atoms with Crippen molar-refractivity contribution in [1.29, 1.82) is 0 Å². The monoisotopic (exact) mass is 215 g/mol. The number of nitrogens with zero attached hydrogens (tertiary/aromatic N) is 2. The molecular weight excluding hydrogens is 198 g/mol. The quantitative estimate of drug-likeness (QED) is 0.791. The van der Waals surface area contributed by atoms with Crippen molar-refractivity contribution in [2.45, 2.75) is 25.8 Å². The third-order valence-corrected chi connectivity index (χ3v) is 3.41. The molecule has 0 amide bonds. The van der Waals surface area contributed by atoms with E-state index in [0.717, 1.165) is 24.4 Å². The highest BCUT2D eigenvalue weighted by molar-refractivity contribution is 5.76. The molecule has 84 valence electrons. The molecule has 1 aliphatic heterocycles. The zero-order chi connectivity index (χ0) is 11.0. The Morgan fingerprint density at radius 2 is 2.25 bits per heavy atom. The first kappa shape index (κ1) is 9.85. The van der Waals surface area contributed by atoms with Gasteiger partial charge in [0.25, 0.3) is 0 Å². The number of hydrogen-bond acceptors (Lipinski definition) is 2. The molecule has 1 aliphatic rings. The average Bonchev–Trinajstić information content (AvgIpc) is 2.66. The fourth-order valence-electron chi connectivity index (χ4n) is 2.68. The molecule has 0 aliphatic carbocycles. The van der Waals surface area contributed by atoms with Gasteiger partial charge in [-0.1, -0.05) is 12.1 Å². The Hall–Kier alpha value is -1.35. The number of aryl methyl sites for hydroxylation is 1. The molecule has 1 fully saturated rings. The lowest BCUT2D eigenvalue weighted by Crippen LogP contribution is -2.32. The van der Waals surface area contributed by atoms with Crippen molar-refractivity contribution in [3.8, 4) is 0 Å². The van der Waals surface area contributed by atoms with Gasteiger partial charge in [-0.05, 0) is 38.4 Å². The number of hydrogen-bond donors (Lipinski definition) is 1. The van der Waals surface area contributed by atoms with E-state index in [0.29, 0.717) is 6.04 Å². The smallest absolute Gasteiger partial charge is 0.107 e. The molecule has 1 N–H and O–H groups in total. The Bertz CT molecular complexity index is 495. The molecule has 16 heavy (non-hydrogen) atoms. The second-order valence-corrected chi connectivity index (χ2v) is 4.52. The minimum atomic E-state index is 0.571. The number of imidazole rings is 1. The first-order valence-corrected chi connectivity index (χ1v) is 6.00. The fraction of sp³-hybridized carbons (Fsp3) is 0.462. The van der Waals surface area contributed by atoms with Gasteiger partial charge in [0.1, 0.15) is 5.82 Å². The molecule has 0 spiro atoms. The molecule has 3 nitrogen and oxygen atoms in total. The third kappa shape index (κ3) is 1.52. The van der Waals surface area contributed by atoms with Crippen molar-refractivity contribution >= 4 is 11.0 Å². The van der Waals surface area contributed by atoms with Crippen LogP contribution in [0.15, 0.2) is 24.3 Å². The van der Waals surface area contributed by atoms with Gasteiger partial charge in [0, 0.05) is 12.6 Å². The van der Waals surface area contributed by atoms with Crippen LogP contribution in [0.4, 0.5) is 0 Å². The largest absolute Gasteiger partial charge is 0.324 e. The van der Waals surface area contributed by atoms with Crippen LogP contribution in [0.25, 0.3) is 11.0 Å². The predicted molar refractivity (Wildman–Crippen MR) is 65.6 cm³/mol. The maximum atomic E-state index is 4.62. The molecule has 1 atom stereocenters. The number of benzene rings is 1. The summed E-state index contributed by atoms with van der Waals surface area (Å²) in [6, 6.07) is 8.98. The summed E-state index contributed by atoms with van der Waals surface area (Å²) >= 11 is 0. The topological polar surface area (TPSA) is 29.9 Å². The van der Waals surface area contributed by atoms with Gasteiger partial charge in [0.2, 0.25) is 0 Å². The van der Waals surface area contributed by atoms with E-state index in [1.165, 1.54) is 18.4 Å². The van der Waals surface area contributed by atoms with Crippen molar-refractivity contribution in [3.63, 3.8) is 0 Å². The van der Waals surface area contributed by atoms with E-state index >= 15 is 0 Å². The number of aromatic nitrogens is 2. The Labute approximate surface area is 95.5 Å². The Morgan fingerprint density at radius 1 is 1.38 bits per heavy atom. The molecule has 3 heteroatoms. The lowest BCUT2D eigenvalue weighted by atomic mass is 10.1. The van der Waals surface area contributed by atoms with Crippen molar-refractivity contribution in [1.82, 2.24) is 14.9 Å². The molecule has 1 aromatic carbocycles. The molecular formula is C13H17N3. The second kappa shape index (κ2) is 3.91. The number of rotatable bonds is 1. The zero-order valence-electron chi connectivity index (χ0n) is 9.61. The molecule has 0 saturated carbocycles. The Balaban J connectivity index is 2.10. The van der Waals surface area contributed by atoms with E-state index in [9.17, 15) is 0 Å². The molecule has 1 saturated heterocycles. The number of para-hydroxylation sites is 2. The fourth-order valence-corrected chi connectivity index (χ4v) is 2.68. The molecule has 3 rings (SSSR count). The minimum Gasteiger partial charge on any atom is -0.324 e. The summed E-state index contributed by atoms with van der Waals surface area (Å²) in [5, 5.41) is 3.47. The highest BCUT2D eigenvalue weighted by Gasteiger charge is 2.18. The van der Waals surface area contributed by atoms with Crippen LogP contribution in [0.1, 0.15) is 24.7 Å². The maximum absolute atomic E-state index is 4.62. The van der Waals surface area contributed by atoms with Crippen LogP contribution in [-0.4, -0.2) is 22.6 Å². The summed E-state index contributed by atoms with van der Waals surface area (Å²) in [4.78, 5) is 4.62. The van der Waals surface area contributed by atoms with E-state index in [4.69, 9.17) is 0 Å². The van der Waals surface area contributed by atoms with Gasteiger partial charge < -0.3 is 9.88 Å². The van der Waals surface area contributed by atoms with Crippen LogP contribution >= 0.6 is 0 Å². The summed E-state index contributed by atoms with van der Waals surface area (Å²) in [5.41, 5.74) is 2.39. The Kier molecular flexibility index (Phi) is 2.40. The minimum absolute atomic E-state index is 0.571. The molecule has 0 radical (unpaired) electrons. The lowest BCUT2D eigenvalue weighted by molar-refractivity contribution is 0.373. The highest BCUT2D eigenvalue weighted by Crippen LogP contribution is 2.24. The summed E-state index contributed by atoms with van der Waals surface area (Å²) in [5.74, 6) is 1.13. The van der Waals surface area contributed by atoms with Gasteiger partial charge in [-0.2, -0.15) is 0 Å². The summed E-state index contributed by atoms with van der Waals surface area (Å²) in [6.45, 7) is 4.33. The molecule has 1 aromatic heterocycles. The van der Waals surface area contributed by atoms with E-state index in [-0.39, 0.29) is 0 Å². The first-order valence-electron chi connectivity index (χ1n) is 6.00. The number of nitrogens with one attached hydrogen (secondary N) is 1. The van der Waals surface area contributed by atoms with Crippen LogP contribution in [0.3, 0.4) is 0 Å². The van der Waals surface area contributed by atoms with Gasteiger partial charge in [-0.3, -0.25) is 0 Å². The van der Waals surface area contributed by atoms with Gasteiger partial charge in [0.15, 0.2) is 0 Å². The van der Waals surface area contributed by atoms with Crippen molar-refractivity contribution in [2.24, 2.45) is 0 Å². The third-order valence-electron chi connectivity index (χ3n) is 3.41. The van der Waals surface area contributed by atoms with Crippen molar-refractivity contribution < 1.29 is 0 Å². The second-order valence-electron chi connectivity index (χ2n) is 4.52. The van der Waals surface area contributed by atoms with Crippen LogP contribution in [-0.2, 0) is 0 Å². The molecule has 2 heterocycles. The van der Waals surface area contributed by atoms with Crippen LogP contribution in [0, 0.1) is 6.92 Å². The van der Waals surface area contributed by atoms with Crippen LogP contribution in [0.5, 0.6) is 0 Å². The van der Waals surface area contributed by atoms with Gasteiger partial charge >= 0.3 is 0 Å². The number of piperidine rings is 1. The van der Waals surface area contributed by atoms with E-state index in [1.807, 2.05) is 0 Å². The maximum Gasteiger partial charge on any atom is 0.107 e. The van der Waals surface area contributed by atoms with Crippen molar-refractivity contribution in [2.75, 3.05) is 13.1 Å². The van der Waals surface area contributed by atoms with Crippen LogP contribution < -0.4 is 5.32 Å². The molecule has 1 unspecified atom stereocenters. The average molecular weight is 215 g/mol. The van der Waals surface area contributed by atoms with E-state index in [2.05, 4.69) is 46.1 Å². The predicted octanol–water partition coefficient (Wildman–Crippen LogP) is 2.27. The SMILES string of the molecule is Cc1nc2ccccc2n1C1CCCNC1. The lowest BCUT2D eigenvalue weighted by Gasteiger charge is -2.25. The van der Waals surface area contributed by atoms with Gasteiger partial charge in [-0.15, -0.1) is 0 Å². The zero-order valence-corrected chi connectivity index (χ0v) is 9.61. The van der Waals surface area contributed by atoms with Crippen molar-refractivity contribution in [3.05, 3.63) is 30.1 Å². The number of fused-ring (bicyclic) bond motifs is 1. The summed E-state index contributed by atoms with van der Waals surface area (Å²) < 4.78 is 2.39. The standard InChI is InChI=1S/C13H17N3/c1-10-15-12-6-2-3-7-13(12)16(10)11-5-4-8-14-9-11/h2-3,6-7,11,14H,4-5,8-9H2,1H3. The van der Waals surface area contributed by atoms with Gasteiger partial charge in [0.05, 0.1) is 11.0 Å².